The van der Waals surface area contributed by atoms with Crippen molar-refractivity contribution >= 4 is 0 Å². The van der Waals surface area contributed by atoms with E-state index in [9.17, 15) is 9.50 Å². The molecule has 0 heterocycles. The molecule has 19 heavy (non-hydrogen) atoms. The Morgan fingerprint density at radius 3 is 2.47 bits per heavy atom. The van der Waals surface area contributed by atoms with Gasteiger partial charge in [0.15, 0.2) is 11.6 Å². The summed E-state index contributed by atoms with van der Waals surface area (Å²) in [5.74, 6) is 0.0224. The fraction of sp³-hybridized carbons (Fsp3) is 0.600. The molecule has 108 valence electrons. The van der Waals surface area contributed by atoms with E-state index in [2.05, 4.69) is 5.32 Å². The molecule has 0 radical (unpaired) electrons. The fourth-order valence-electron chi connectivity index (χ4n) is 1.63. The number of methoxy groups -OCH3 is 1. The van der Waals surface area contributed by atoms with Gasteiger partial charge < -0.3 is 15.2 Å². The van der Waals surface area contributed by atoms with Crippen LogP contribution in [0.1, 0.15) is 39.3 Å². The van der Waals surface area contributed by atoms with Gasteiger partial charge in [-0.1, -0.05) is 19.9 Å². The molecule has 0 aliphatic rings. The van der Waals surface area contributed by atoms with E-state index in [0.29, 0.717) is 6.54 Å². The molecule has 0 spiro atoms. The number of aliphatic hydroxyl groups is 1. The number of hydrogen-bond donors (Lipinski definition) is 2. The van der Waals surface area contributed by atoms with Crippen LogP contribution in [0.2, 0.25) is 0 Å². The van der Waals surface area contributed by atoms with Crippen molar-refractivity contribution in [1.82, 2.24) is 5.32 Å². The van der Waals surface area contributed by atoms with Gasteiger partial charge in [-0.05, 0) is 37.5 Å². The lowest BCUT2D eigenvalue weighted by atomic mass is 9.92. The van der Waals surface area contributed by atoms with E-state index in [1.807, 2.05) is 26.8 Å². The van der Waals surface area contributed by atoms with Crippen LogP contribution in [0.25, 0.3) is 0 Å². The normalized spacial score (nSPS) is 16.2. The van der Waals surface area contributed by atoms with Crippen LogP contribution in [-0.2, 0) is 0 Å². The Labute approximate surface area is 114 Å². The molecule has 0 aromatic heterocycles. The van der Waals surface area contributed by atoms with Crippen molar-refractivity contribution in [3.8, 4) is 5.75 Å². The molecule has 1 aromatic carbocycles. The second kappa shape index (κ2) is 6.35. The summed E-state index contributed by atoms with van der Waals surface area (Å²) in [7, 11) is 1.44. The Kier molecular flexibility index (Phi) is 5.32. The van der Waals surface area contributed by atoms with Crippen molar-refractivity contribution in [2.75, 3.05) is 13.7 Å². The fourth-order valence-corrected chi connectivity index (χ4v) is 1.63. The molecule has 0 fully saturated rings. The maximum Gasteiger partial charge on any atom is 0.165 e. The molecule has 0 bridgehead atoms. The molecule has 1 aromatic rings. The van der Waals surface area contributed by atoms with E-state index >= 15 is 0 Å². The van der Waals surface area contributed by atoms with Crippen LogP contribution in [0, 0.1) is 11.7 Å². The van der Waals surface area contributed by atoms with Gasteiger partial charge in [0.2, 0.25) is 0 Å². The Balaban J connectivity index is 2.68. The lowest BCUT2D eigenvalue weighted by Crippen LogP contribution is -2.42. The van der Waals surface area contributed by atoms with Crippen molar-refractivity contribution in [3.05, 3.63) is 29.6 Å². The first-order valence-corrected chi connectivity index (χ1v) is 6.57. The first kappa shape index (κ1) is 15.9. The summed E-state index contributed by atoms with van der Waals surface area (Å²) in [6.07, 6.45) is 0. The number of rotatable bonds is 6. The zero-order valence-electron chi connectivity index (χ0n) is 12.3. The van der Waals surface area contributed by atoms with Crippen LogP contribution in [0.15, 0.2) is 18.2 Å². The molecule has 0 amide bonds. The van der Waals surface area contributed by atoms with Gasteiger partial charge in [-0.3, -0.25) is 0 Å². The van der Waals surface area contributed by atoms with Crippen LogP contribution in [-0.4, -0.2) is 24.4 Å². The van der Waals surface area contributed by atoms with Crippen molar-refractivity contribution in [2.24, 2.45) is 5.92 Å². The lowest BCUT2D eigenvalue weighted by molar-refractivity contribution is 0.0122. The highest BCUT2D eigenvalue weighted by Gasteiger charge is 2.25. The van der Waals surface area contributed by atoms with Gasteiger partial charge in [-0.15, -0.1) is 0 Å². The first-order valence-electron chi connectivity index (χ1n) is 6.57. The first-order chi connectivity index (χ1) is 8.77. The average molecular weight is 269 g/mol. The number of halogens is 1. The third kappa shape index (κ3) is 4.18. The smallest absolute Gasteiger partial charge is 0.165 e. The number of benzene rings is 1. The van der Waals surface area contributed by atoms with Gasteiger partial charge in [0, 0.05) is 12.6 Å². The minimum atomic E-state index is -0.778. The zero-order valence-corrected chi connectivity index (χ0v) is 12.3. The van der Waals surface area contributed by atoms with Gasteiger partial charge in [-0.2, -0.15) is 0 Å². The van der Waals surface area contributed by atoms with E-state index in [1.54, 1.807) is 13.0 Å². The zero-order chi connectivity index (χ0) is 14.6. The largest absolute Gasteiger partial charge is 0.494 e. The number of nitrogens with one attached hydrogen (secondary N) is 1. The molecule has 2 unspecified atom stereocenters. The van der Waals surface area contributed by atoms with Crippen molar-refractivity contribution in [1.29, 1.82) is 0 Å². The lowest BCUT2D eigenvalue weighted by Gasteiger charge is -2.29. The summed E-state index contributed by atoms with van der Waals surface area (Å²) in [6, 6.07) is 4.86. The SMILES string of the molecule is COc1ccc(C(C)NCC(C)(O)C(C)C)cc1F. The van der Waals surface area contributed by atoms with E-state index < -0.39 is 5.60 Å². The van der Waals surface area contributed by atoms with Crippen molar-refractivity contribution in [3.63, 3.8) is 0 Å². The standard InChI is InChI=1S/C15H24FNO2/c1-10(2)15(4,18)9-17-11(3)12-6-7-14(19-5)13(16)8-12/h6-8,10-11,17-18H,9H2,1-5H3. The molecule has 0 saturated carbocycles. The molecule has 4 heteroatoms. The molecule has 2 atom stereocenters. The topological polar surface area (TPSA) is 41.5 Å². The van der Waals surface area contributed by atoms with Crippen LogP contribution in [0.5, 0.6) is 5.75 Å². The summed E-state index contributed by atoms with van der Waals surface area (Å²) in [5, 5.41) is 13.4. The second-order valence-electron chi connectivity index (χ2n) is 5.51. The van der Waals surface area contributed by atoms with Crippen LogP contribution in [0.3, 0.4) is 0 Å². The molecular formula is C15H24FNO2. The Bertz CT molecular complexity index is 419. The summed E-state index contributed by atoms with van der Waals surface area (Å²) < 4.78 is 18.5. The second-order valence-corrected chi connectivity index (χ2v) is 5.51. The van der Waals surface area contributed by atoms with E-state index in [-0.39, 0.29) is 23.5 Å². The van der Waals surface area contributed by atoms with Crippen LogP contribution < -0.4 is 10.1 Å². The number of hydrogen-bond acceptors (Lipinski definition) is 3. The van der Waals surface area contributed by atoms with Gasteiger partial charge >= 0.3 is 0 Å². The minimum absolute atomic E-state index is 0.0365. The Hall–Kier alpha value is -1.13. The summed E-state index contributed by atoms with van der Waals surface area (Å²) in [4.78, 5) is 0. The summed E-state index contributed by atoms with van der Waals surface area (Å²) in [6.45, 7) is 8.14. The van der Waals surface area contributed by atoms with Crippen LogP contribution in [0.4, 0.5) is 4.39 Å². The van der Waals surface area contributed by atoms with Gasteiger partial charge in [0.1, 0.15) is 0 Å². The van der Waals surface area contributed by atoms with Gasteiger partial charge in [0.25, 0.3) is 0 Å². The third-order valence-electron chi connectivity index (χ3n) is 3.69. The quantitative estimate of drug-likeness (QED) is 0.834. The highest BCUT2D eigenvalue weighted by Crippen LogP contribution is 2.22. The predicted molar refractivity (Wildman–Crippen MR) is 74.8 cm³/mol. The summed E-state index contributed by atoms with van der Waals surface area (Å²) in [5.41, 5.74) is 0.0529. The molecular weight excluding hydrogens is 245 g/mol. The van der Waals surface area contributed by atoms with Crippen molar-refractivity contribution < 1.29 is 14.2 Å². The van der Waals surface area contributed by atoms with Crippen LogP contribution >= 0.6 is 0 Å². The van der Waals surface area contributed by atoms with E-state index in [4.69, 9.17) is 4.74 Å². The summed E-state index contributed by atoms with van der Waals surface area (Å²) >= 11 is 0. The predicted octanol–water partition coefficient (Wildman–Crippen LogP) is 2.89. The van der Waals surface area contributed by atoms with Gasteiger partial charge in [0.05, 0.1) is 12.7 Å². The molecule has 0 aliphatic heterocycles. The molecule has 3 nitrogen and oxygen atoms in total. The van der Waals surface area contributed by atoms with E-state index in [0.717, 1.165) is 5.56 Å². The Morgan fingerprint density at radius 2 is 2.00 bits per heavy atom. The Morgan fingerprint density at radius 1 is 1.37 bits per heavy atom. The highest BCUT2D eigenvalue weighted by molar-refractivity contribution is 5.30. The average Bonchev–Trinajstić information content (AvgIpc) is 2.35. The maximum atomic E-state index is 13.6. The van der Waals surface area contributed by atoms with E-state index in [1.165, 1.54) is 13.2 Å². The number of ether oxygens (including phenoxy) is 1. The maximum absolute atomic E-state index is 13.6. The molecule has 2 N–H and O–H groups in total. The molecule has 1 rings (SSSR count). The molecule has 0 saturated heterocycles. The van der Waals surface area contributed by atoms with Gasteiger partial charge in [-0.25, -0.2) is 4.39 Å². The monoisotopic (exact) mass is 269 g/mol. The highest BCUT2D eigenvalue weighted by atomic mass is 19.1. The molecule has 0 aliphatic carbocycles. The minimum Gasteiger partial charge on any atom is -0.494 e. The van der Waals surface area contributed by atoms with Crippen molar-refractivity contribution in [2.45, 2.75) is 39.3 Å². The third-order valence-corrected chi connectivity index (χ3v) is 3.69.